The number of hydrogen-bond acceptors (Lipinski definition) is 7. The van der Waals surface area contributed by atoms with E-state index in [0.29, 0.717) is 15.6 Å². The number of esters is 1. The molecule has 2 rings (SSSR count). The number of hydrogen-bond donors (Lipinski definition) is 1. The predicted octanol–water partition coefficient (Wildman–Crippen LogP) is 3.53. The second-order valence-electron chi connectivity index (χ2n) is 8.07. The van der Waals surface area contributed by atoms with Gasteiger partial charge in [0.05, 0.1) is 9.90 Å². The summed E-state index contributed by atoms with van der Waals surface area (Å²) in [6.07, 6.45) is 0. The first kappa shape index (κ1) is 24.8. The maximum atomic E-state index is 12.3. The fraction of sp³-hybridized carbons (Fsp3) is 0.429. The molecule has 1 N–H and O–H groups in total. The highest BCUT2D eigenvalue weighted by molar-refractivity contribution is 7.89. The summed E-state index contributed by atoms with van der Waals surface area (Å²) in [5.41, 5.74) is 0.183. The Morgan fingerprint density at radius 1 is 1.10 bits per heavy atom. The number of amides is 1. The van der Waals surface area contributed by atoms with Gasteiger partial charge in [0.2, 0.25) is 15.9 Å². The van der Waals surface area contributed by atoms with Gasteiger partial charge in [0, 0.05) is 19.5 Å². The molecule has 0 aliphatic heterocycles. The molecule has 1 amide bonds. The van der Waals surface area contributed by atoms with Crippen molar-refractivity contribution in [2.45, 2.75) is 32.6 Å². The molecule has 0 saturated heterocycles. The summed E-state index contributed by atoms with van der Waals surface area (Å²) in [6, 6.07) is 7.75. The lowest BCUT2D eigenvalue weighted by atomic mass is 9.96. The van der Waals surface area contributed by atoms with E-state index in [2.05, 4.69) is 5.32 Å². The summed E-state index contributed by atoms with van der Waals surface area (Å²) < 4.78 is 36.0. The van der Waals surface area contributed by atoms with Gasteiger partial charge in [0.25, 0.3) is 0 Å². The molecule has 10 heteroatoms. The lowest BCUT2D eigenvalue weighted by Crippen LogP contribution is -2.27. The number of rotatable bonds is 8. The molecular weight excluding hydrogens is 440 g/mol. The minimum absolute atomic E-state index is 0.0254. The van der Waals surface area contributed by atoms with Crippen molar-refractivity contribution in [3.63, 3.8) is 0 Å². The molecule has 1 aromatic heterocycles. The van der Waals surface area contributed by atoms with Gasteiger partial charge in [-0.25, -0.2) is 17.5 Å². The van der Waals surface area contributed by atoms with Crippen molar-refractivity contribution in [1.29, 1.82) is 0 Å². The fourth-order valence-electron chi connectivity index (χ4n) is 2.32. The number of thiophene rings is 1. The summed E-state index contributed by atoms with van der Waals surface area (Å²) >= 11 is 1.16. The monoisotopic (exact) mass is 468 g/mol. The molecule has 31 heavy (non-hydrogen) atoms. The average molecular weight is 469 g/mol. The molecule has 1 aromatic carbocycles. The third-order valence-corrected chi connectivity index (χ3v) is 7.17. The van der Waals surface area contributed by atoms with E-state index in [1.165, 1.54) is 26.2 Å². The first-order valence-corrected chi connectivity index (χ1v) is 11.8. The Morgan fingerprint density at radius 2 is 1.71 bits per heavy atom. The van der Waals surface area contributed by atoms with Crippen molar-refractivity contribution in [2.75, 3.05) is 32.6 Å². The second-order valence-corrected chi connectivity index (χ2v) is 11.3. The highest BCUT2D eigenvalue weighted by Gasteiger charge is 2.23. The predicted molar refractivity (Wildman–Crippen MR) is 120 cm³/mol. The molecule has 0 fully saturated rings. The van der Waals surface area contributed by atoms with E-state index in [0.717, 1.165) is 21.2 Å². The van der Waals surface area contributed by atoms with Crippen LogP contribution in [0.4, 0.5) is 5.00 Å². The Balaban J connectivity index is 1.87. The SMILES string of the molecule is Cc1cc(NC(=O)C(C)(C)C)sc1C(=O)OCCOc1ccc(S(=O)(=O)N(C)C)cc1. The van der Waals surface area contributed by atoms with Crippen LogP contribution in [-0.4, -0.2) is 51.9 Å². The molecule has 0 atom stereocenters. The van der Waals surface area contributed by atoms with Gasteiger partial charge in [0.15, 0.2) is 0 Å². The number of nitrogens with zero attached hydrogens (tertiary/aromatic N) is 1. The number of benzene rings is 1. The summed E-state index contributed by atoms with van der Waals surface area (Å²) in [7, 11) is -0.569. The van der Waals surface area contributed by atoms with Crippen LogP contribution in [0.5, 0.6) is 5.75 Å². The van der Waals surface area contributed by atoms with Crippen LogP contribution in [-0.2, 0) is 19.6 Å². The number of nitrogens with one attached hydrogen (secondary N) is 1. The van der Waals surface area contributed by atoms with E-state index in [9.17, 15) is 18.0 Å². The number of ether oxygens (including phenoxy) is 2. The number of sulfonamides is 1. The number of anilines is 1. The van der Waals surface area contributed by atoms with Gasteiger partial charge < -0.3 is 14.8 Å². The molecule has 0 aliphatic carbocycles. The smallest absolute Gasteiger partial charge is 0.348 e. The summed E-state index contributed by atoms with van der Waals surface area (Å²) in [4.78, 5) is 25.0. The zero-order chi connectivity index (χ0) is 23.4. The van der Waals surface area contributed by atoms with Crippen LogP contribution in [0, 0.1) is 12.3 Å². The summed E-state index contributed by atoms with van der Waals surface area (Å²) in [5, 5.41) is 3.40. The maximum Gasteiger partial charge on any atom is 0.348 e. The van der Waals surface area contributed by atoms with E-state index in [1.807, 2.05) is 20.8 Å². The third-order valence-electron chi connectivity index (χ3n) is 4.21. The Bertz CT molecular complexity index is 1030. The van der Waals surface area contributed by atoms with Gasteiger partial charge in [-0.3, -0.25) is 4.79 Å². The molecule has 8 nitrogen and oxygen atoms in total. The van der Waals surface area contributed by atoms with Crippen LogP contribution in [0.2, 0.25) is 0 Å². The first-order chi connectivity index (χ1) is 14.3. The van der Waals surface area contributed by atoms with Crippen molar-refractivity contribution in [3.8, 4) is 5.75 Å². The van der Waals surface area contributed by atoms with Crippen molar-refractivity contribution in [3.05, 3.63) is 40.8 Å². The number of aryl methyl sites for hydroxylation is 1. The maximum absolute atomic E-state index is 12.3. The van der Waals surface area contributed by atoms with Crippen molar-refractivity contribution >= 4 is 38.2 Å². The topological polar surface area (TPSA) is 102 Å². The van der Waals surface area contributed by atoms with E-state index < -0.39 is 21.4 Å². The molecule has 2 aromatic rings. The molecule has 0 radical (unpaired) electrons. The van der Waals surface area contributed by atoms with Crippen molar-refractivity contribution in [1.82, 2.24) is 4.31 Å². The number of carbonyl (C=O) groups is 2. The largest absolute Gasteiger partial charge is 0.490 e. The van der Waals surface area contributed by atoms with Crippen LogP contribution in [0.25, 0.3) is 0 Å². The quantitative estimate of drug-likeness (QED) is 0.470. The van der Waals surface area contributed by atoms with Gasteiger partial charge in [-0.15, -0.1) is 11.3 Å². The molecule has 0 spiro atoms. The van der Waals surface area contributed by atoms with Crippen LogP contribution in [0.3, 0.4) is 0 Å². The average Bonchev–Trinajstić information content (AvgIpc) is 3.04. The van der Waals surface area contributed by atoms with Crippen molar-refractivity contribution in [2.24, 2.45) is 5.41 Å². The van der Waals surface area contributed by atoms with E-state index >= 15 is 0 Å². The normalized spacial score (nSPS) is 12.0. The van der Waals surface area contributed by atoms with E-state index in [1.54, 1.807) is 25.1 Å². The lowest BCUT2D eigenvalue weighted by molar-refractivity contribution is -0.123. The molecule has 0 bridgehead atoms. The van der Waals surface area contributed by atoms with Gasteiger partial charge in [-0.2, -0.15) is 0 Å². The van der Waals surface area contributed by atoms with Crippen LogP contribution in [0.15, 0.2) is 35.2 Å². The molecule has 170 valence electrons. The zero-order valence-corrected chi connectivity index (χ0v) is 20.1. The number of carbonyl (C=O) groups excluding carboxylic acids is 2. The second kappa shape index (κ2) is 9.80. The van der Waals surface area contributed by atoms with Gasteiger partial charge in [-0.05, 0) is 42.8 Å². The molecule has 0 aliphatic rings. The fourth-order valence-corrected chi connectivity index (χ4v) is 4.19. The summed E-state index contributed by atoms with van der Waals surface area (Å²) in [5.74, 6) is -0.158. The van der Waals surface area contributed by atoms with Gasteiger partial charge in [-0.1, -0.05) is 20.8 Å². The third kappa shape index (κ3) is 6.52. The Hall–Kier alpha value is -2.43. The zero-order valence-electron chi connectivity index (χ0n) is 18.5. The van der Waals surface area contributed by atoms with E-state index in [4.69, 9.17) is 9.47 Å². The van der Waals surface area contributed by atoms with Crippen molar-refractivity contribution < 1.29 is 27.5 Å². The lowest BCUT2D eigenvalue weighted by Gasteiger charge is -2.16. The van der Waals surface area contributed by atoms with E-state index in [-0.39, 0.29) is 24.0 Å². The standard InChI is InChI=1S/C21H28N2O6S2/c1-14-13-17(22-20(25)21(2,3)4)30-18(14)19(24)29-12-11-28-15-7-9-16(10-8-15)31(26,27)23(5)6/h7-10,13H,11-12H2,1-6H3,(H,22,25). The molecule has 0 saturated carbocycles. The van der Waals surface area contributed by atoms with Gasteiger partial charge >= 0.3 is 5.97 Å². The molecular formula is C21H28N2O6S2. The summed E-state index contributed by atoms with van der Waals surface area (Å²) in [6.45, 7) is 7.35. The molecule has 1 heterocycles. The first-order valence-electron chi connectivity index (χ1n) is 9.57. The highest BCUT2D eigenvalue weighted by Crippen LogP contribution is 2.29. The Labute approximate surface area is 187 Å². The van der Waals surface area contributed by atoms with Crippen LogP contribution in [0.1, 0.15) is 36.0 Å². The Morgan fingerprint density at radius 3 is 2.26 bits per heavy atom. The molecule has 0 unspecified atom stereocenters. The minimum atomic E-state index is -3.50. The highest BCUT2D eigenvalue weighted by atomic mass is 32.2. The Kier molecular flexibility index (Phi) is 7.85. The van der Waals surface area contributed by atoms with Gasteiger partial charge in [0.1, 0.15) is 23.8 Å². The minimum Gasteiger partial charge on any atom is -0.490 e. The van der Waals surface area contributed by atoms with Crippen LogP contribution >= 0.6 is 11.3 Å². The van der Waals surface area contributed by atoms with Crippen LogP contribution < -0.4 is 10.1 Å².